The standard InChI is InChI=1S/C16H14BrFN4OS/c1-2-5-20-15(23)14-13(19)8-3-4-10(18)12(9(8)6-21-14)16-22-11(17)7-24-16/h3-4,6-7H,2,5,19H2,1H3,(H,20,23). The molecule has 0 unspecified atom stereocenters. The zero-order valence-corrected chi connectivity index (χ0v) is 15.2. The van der Waals surface area contributed by atoms with Gasteiger partial charge in [-0.1, -0.05) is 6.92 Å². The maximum atomic E-state index is 14.4. The molecule has 5 nitrogen and oxygen atoms in total. The third-order valence-electron chi connectivity index (χ3n) is 3.50. The Balaban J connectivity index is 2.17. The number of anilines is 1. The molecule has 0 aliphatic carbocycles. The predicted molar refractivity (Wildman–Crippen MR) is 97.5 cm³/mol. The summed E-state index contributed by atoms with van der Waals surface area (Å²) < 4.78 is 15.0. The molecule has 0 saturated carbocycles. The fourth-order valence-corrected chi connectivity index (χ4v) is 3.69. The maximum absolute atomic E-state index is 14.4. The Morgan fingerprint density at radius 2 is 2.21 bits per heavy atom. The van der Waals surface area contributed by atoms with E-state index in [-0.39, 0.29) is 17.3 Å². The lowest BCUT2D eigenvalue weighted by Crippen LogP contribution is -2.26. The van der Waals surface area contributed by atoms with E-state index in [0.717, 1.165) is 6.42 Å². The number of nitrogen functional groups attached to an aromatic ring is 1. The minimum Gasteiger partial charge on any atom is -0.396 e. The first-order valence-electron chi connectivity index (χ1n) is 7.29. The van der Waals surface area contributed by atoms with Crippen LogP contribution in [0.15, 0.2) is 28.3 Å². The van der Waals surface area contributed by atoms with Gasteiger partial charge in [-0.3, -0.25) is 4.79 Å². The topological polar surface area (TPSA) is 80.9 Å². The molecule has 2 aromatic heterocycles. The SMILES string of the molecule is CCCNC(=O)c1ncc2c(-c3nc(Br)cs3)c(F)ccc2c1N. The molecule has 1 amide bonds. The van der Waals surface area contributed by atoms with Crippen LogP contribution in [0.1, 0.15) is 23.8 Å². The molecule has 8 heteroatoms. The highest BCUT2D eigenvalue weighted by atomic mass is 79.9. The van der Waals surface area contributed by atoms with Gasteiger partial charge in [0.15, 0.2) is 5.69 Å². The quantitative estimate of drug-likeness (QED) is 0.683. The normalized spacial score (nSPS) is 11.0. The molecule has 0 saturated heterocycles. The van der Waals surface area contributed by atoms with Crippen molar-refractivity contribution in [2.45, 2.75) is 13.3 Å². The number of carbonyl (C=O) groups is 1. The third kappa shape index (κ3) is 2.99. The number of rotatable bonds is 4. The summed E-state index contributed by atoms with van der Waals surface area (Å²) in [5.74, 6) is -0.743. The molecular formula is C16H14BrFN4OS. The molecule has 0 radical (unpaired) electrons. The van der Waals surface area contributed by atoms with Crippen LogP contribution in [0.3, 0.4) is 0 Å². The number of amides is 1. The molecule has 3 rings (SSSR count). The smallest absolute Gasteiger partial charge is 0.272 e. The van der Waals surface area contributed by atoms with Gasteiger partial charge in [-0.05, 0) is 34.5 Å². The van der Waals surface area contributed by atoms with Gasteiger partial charge in [0.2, 0.25) is 0 Å². The van der Waals surface area contributed by atoms with E-state index in [1.807, 2.05) is 6.92 Å². The molecule has 0 aliphatic rings. The number of halogens is 2. The molecule has 24 heavy (non-hydrogen) atoms. The first-order valence-corrected chi connectivity index (χ1v) is 8.96. The highest BCUT2D eigenvalue weighted by Gasteiger charge is 2.19. The average molecular weight is 409 g/mol. The van der Waals surface area contributed by atoms with E-state index in [2.05, 4.69) is 31.2 Å². The van der Waals surface area contributed by atoms with Crippen LogP contribution in [0.5, 0.6) is 0 Å². The van der Waals surface area contributed by atoms with Gasteiger partial charge in [0.1, 0.15) is 15.4 Å². The van der Waals surface area contributed by atoms with Crippen molar-refractivity contribution in [3.8, 4) is 10.6 Å². The number of carbonyl (C=O) groups excluding carboxylic acids is 1. The van der Waals surface area contributed by atoms with Gasteiger partial charge in [-0.2, -0.15) is 0 Å². The number of hydrogen-bond donors (Lipinski definition) is 2. The zero-order valence-electron chi connectivity index (χ0n) is 12.8. The van der Waals surface area contributed by atoms with Crippen LogP contribution in [0, 0.1) is 5.82 Å². The van der Waals surface area contributed by atoms with Crippen LogP contribution in [-0.4, -0.2) is 22.4 Å². The Kier molecular flexibility index (Phi) is 4.77. The molecule has 124 valence electrons. The fraction of sp³-hybridized carbons (Fsp3) is 0.188. The summed E-state index contributed by atoms with van der Waals surface area (Å²) in [6, 6.07) is 2.89. The molecule has 1 aromatic carbocycles. The minimum atomic E-state index is -0.409. The summed E-state index contributed by atoms with van der Waals surface area (Å²) in [6.45, 7) is 2.50. The van der Waals surface area contributed by atoms with Crippen molar-refractivity contribution in [1.29, 1.82) is 0 Å². The Morgan fingerprint density at radius 1 is 1.42 bits per heavy atom. The van der Waals surface area contributed by atoms with Gasteiger partial charge in [0.05, 0.1) is 11.3 Å². The zero-order chi connectivity index (χ0) is 17.3. The largest absolute Gasteiger partial charge is 0.396 e. The van der Waals surface area contributed by atoms with Crippen LogP contribution in [0.4, 0.5) is 10.1 Å². The van der Waals surface area contributed by atoms with E-state index in [4.69, 9.17) is 5.73 Å². The first kappa shape index (κ1) is 16.8. The van der Waals surface area contributed by atoms with Gasteiger partial charge >= 0.3 is 0 Å². The van der Waals surface area contributed by atoms with Gasteiger partial charge in [-0.25, -0.2) is 14.4 Å². The lowest BCUT2D eigenvalue weighted by atomic mass is 10.0. The molecule has 2 heterocycles. The second kappa shape index (κ2) is 6.82. The summed E-state index contributed by atoms with van der Waals surface area (Å²) in [6.07, 6.45) is 2.29. The van der Waals surface area contributed by atoms with Crippen molar-refractivity contribution in [2.75, 3.05) is 12.3 Å². The van der Waals surface area contributed by atoms with Gasteiger partial charge < -0.3 is 11.1 Å². The molecule has 0 spiro atoms. The number of thiazole rings is 1. The van der Waals surface area contributed by atoms with Gasteiger partial charge in [-0.15, -0.1) is 11.3 Å². The van der Waals surface area contributed by atoms with Crippen LogP contribution in [-0.2, 0) is 0 Å². The van der Waals surface area contributed by atoms with Crippen molar-refractivity contribution in [3.63, 3.8) is 0 Å². The van der Waals surface area contributed by atoms with E-state index in [1.54, 1.807) is 11.4 Å². The molecule has 0 bridgehead atoms. The third-order valence-corrected chi connectivity index (χ3v) is 5.07. The number of nitrogens with one attached hydrogen (secondary N) is 1. The molecular weight excluding hydrogens is 395 g/mol. The van der Waals surface area contributed by atoms with Gasteiger partial charge in [0, 0.05) is 28.9 Å². The number of benzene rings is 1. The second-order valence-corrected chi connectivity index (χ2v) is 6.81. The van der Waals surface area contributed by atoms with Crippen molar-refractivity contribution in [1.82, 2.24) is 15.3 Å². The summed E-state index contributed by atoms with van der Waals surface area (Å²) >= 11 is 4.58. The van der Waals surface area contributed by atoms with Crippen molar-refractivity contribution in [3.05, 3.63) is 39.8 Å². The number of nitrogens with two attached hydrogens (primary N) is 1. The highest BCUT2D eigenvalue weighted by Crippen LogP contribution is 2.36. The van der Waals surface area contributed by atoms with E-state index >= 15 is 0 Å². The van der Waals surface area contributed by atoms with Crippen molar-refractivity contribution in [2.24, 2.45) is 0 Å². The van der Waals surface area contributed by atoms with Crippen molar-refractivity contribution < 1.29 is 9.18 Å². The van der Waals surface area contributed by atoms with Crippen LogP contribution in [0.2, 0.25) is 0 Å². The molecule has 0 fully saturated rings. The van der Waals surface area contributed by atoms with E-state index in [1.165, 1.54) is 23.6 Å². The lowest BCUT2D eigenvalue weighted by Gasteiger charge is -2.11. The highest BCUT2D eigenvalue weighted by molar-refractivity contribution is 9.10. The number of nitrogens with zero attached hydrogens (tertiary/aromatic N) is 2. The van der Waals surface area contributed by atoms with Crippen LogP contribution in [0.25, 0.3) is 21.3 Å². The van der Waals surface area contributed by atoms with E-state index in [0.29, 0.717) is 32.5 Å². The predicted octanol–water partition coefficient (Wildman–Crippen LogP) is 3.98. The second-order valence-electron chi connectivity index (χ2n) is 5.14. The van der Waals surface area contributed by atoms with Crippen LogP contribution >= 0.6 is 27.3 Å². The minimum absolute atomic E-state index is 0.147. The van der Waals surface area contributed by atoms with E-state index in [9.17, 15) is 9.18 Å². The molecule has 0 aliphatic heterocycles. The first-order chi connectivity index (χ1) is 11.5. The lowest BCUT2D eigenvalue weighted by molar-refractivity contribution is 0.0950. The van der Waals surface area contributed by atoms with Crippen molar-refractivity contribution >= 4 is 49.6 Å². The molecule has 0 atom stereocenters. The summed E-state index contributed by atoms with van der Waals surface area (Å²) in [7, 11) is 0. The Bertz CT molecular complexity index is 928. The number of fused-ring (bicyclic) bond motifs is 1. The van der Waals surface area contributed by atoms with E-state index < -0.39 is 5.82 Å². The number of hydrogen-bond acceptors (Lipinski definition) is 5. The maximum Gasteiger partial charge on any atom is 0.272 e. The van der Waals surface area contributed by atoms with Crippen LogP contribution < -0.4 is 11.1 Å². The fourth-order valence-electron chi connectivity index (χ4n) is 2.38. The van der Waals surface area contributed by atoms with Gasteiger partial charge in [0.25, 0.3) is 5.91 Å². The average Bonchev–Trinajstić information content (AvgIpc) is 2.98. The number of aromatic nitrogens is 2. The summed E-state index contributed by atoms with van der Waals surface area (Å²) in [5, 5.41) is 6.15. The summed E-state index contributed by atoms with van der Waals surface area (Å²) in [5.41, 5.74) is 6.84. The number of pyridine rings is 1. The molecule has 3 aromatic rings. The Morgan fingerprint density at radius 3 is 2.88 bits per heavy atom. The Labute approximate surface area is 150 Å². The monoisotopic (exact) mass is 408 g/mol. The Hall–Kier alpha value is -2.06. The summed E-state index contributed by atoms with van der Waals surface area (Å²) in [4.78, 5) is 20.6. The molecule has 3 N–H and O–H groups in total.